The van der Waals surface area contributed by atoms with E-state index >= 15 is 0 Å². The lowest BCUT2D eigenvalue weighted by molar-refractivity contribution is 0.000767. The molecule has 0 aromatic heterocycles. The molecule has 0 aromatic carbocycles. The van der Waals surface area contributed by atoms with Crippen molar-refractivity contribution in [2.24, 2.45) is 5.41 Å². The fraction of sp³-hybridized carbons (Fsp3) is 1.00. The predicted molar refractivity (Wildman–Crippen MR) is 133 cm³/mol. The Kier molecular flexibility index (Phi) is 7.14. The highest BCUT2D eigenvalue weighted by Gasteiger charge is 2.45. The van der Waals surface area contributed by atoms with E-state index in [1.54, 1.807) is 0 Å². The van der Waals surface area contributed by atoms with E-state index in [-0.39, 0.29) is 0 Å². The van der Waals surface area contributed by atoms with Crippen molar-refractivity contribution in [3.8, 4) is 0 Å². The third-order valence-corrected chi connectivity index (χ3v) is 10.1. The third kappa shape index (κ3) is 4.88. The second kappa shape index (κ2) is 9.24. The van der Waals surface area contributed by atoms with Crippen molar-refractivity contribution in [2.45, 2.75) is 116 Å². The third-order valence-electron chi connectivity index (χ3n) is 10.1. The van der Waals surface area contributed by atoms with Crippen LogP contribution >= 0.6 is 0 Å². The first-order valence-corrected chi connectivity index (χ1v) is 13.7. The summed E-state index contributed by atoms with van der Waals surface area (Å²) in [7, 11) is 0. The van der Waals surface area contributed by atoms with Gasteiger partial charge in [0.2, 0.25) is 0 Å². The van der Waals surface area contributed by atoms with Gasteiger partial charge in [-0.3, -0.25) is 9.80 Å². The molecule has 4 rings (SSSR count). The smallest absolute Gasteiger partial charge is 0.0234 e. The van der Waals surface area contributed by atoms with Gasteiger partial charge in [-0.05, 0) is 124 Å². The van der Waals surface area contributed by atoms with E-state index in [1.807, 2.05) is 0 Å². The Bertz CT molecular complexity index is 584. The molecular formula is C27H52N4. The Hall–Kier alpha value is -0.160. The van der Waals surface area contributed by atoms with Crippen LogP contribution in [0.3, 0.4) is 0 Å². The van der Waals surface area contributed by atoms with Crippen molar-refractivity contribution in [3.05, 3.63) is 0 Å². The first kappa shape index (κ1) is 24.0. The highest BCUT2D eigenvalue weighted by molar-refractivity contribution is 5.01. The van der Waals surface area contributed by atoms with Crippen LogP contribution in [0.1, 0.15) is 92.9 Å². The molecule has 0 saturated carbocycles. The van der Waals surface area contributed by atoms with Crippen LogP contribution in [0.5, 0.6) is 0 Å². The van der Waals surface area contributed by atoms with Gasteiger partial charge in [-0.1, -0.05) is 6.92 Å². The largest absolute Gasteiger partial charge is 0.300 e. The number of hydrogen-bond donors (Lipinski definition) is 0. The van der Waals surface area contributed by atoms with E-state index < -0.39 is 0 Å². The molecule has 1 unspecified atom stereocenters. The lowest BCUT2D eigenvalue weighted by Crippen LogP contribution is -2.56. The quantitative estimate of drug-likeness (QED) is 0.603. The molecule has 4 aliphatic rings. The average molecular weight is 433 g/mol. The molecule has 0 aromatic rings. The molecule has 4 heterocycles. The molecule has 4 fully saturated rings. The van der Waals surface area contributed by atoms with Crippen molar-refractivity contribution >= 4 is 0 Å². The highest BCUT2D eigenvalue weighted by Crippen LogP contribution is 2.43. The Morgan fingerprint density at radius 2 is 1.39 bits per heavy atom. The molecule has 31 heavy (non-hydrogen) atoms. The van der Waals surface area contributed by atoms with Gasteiger partial charge in [0.05, 0.1) is 0 Å². The second-order valence-electron chi connectivity index (χ2n) is 12.6. The van der Waals surface area contributed by atoms with Crippen LogP contribution in [0.2, 0.25) is 0 Å². The summed E-state index contributed by atoms with van der Waals surface area (Å²) < 4.78 is 0. The maximum atomic E-state index is 2.84. The minimum absolute atomic E-state index is 0.315. The molecule has 4 saturated heterocycles. The van der Waals surface area contributed by atoms with Crippen molar-refractivity contribution in [2.75, 3.05) is 52.4 Å². The van der Waals surface area contributed by atoms with Crippen LogP contribution in [-0.4, -0.2) is 95.1 Å². The van der Waals surface area contributed by atoms with Gasteiger partial charge < -0.3 is 9.80 Å². The summed E-state index contributed by atoms with van der Waals surface area (Å²) in [5.74, 6) is 0. The minimum Gasteiger partial charge on any atom is -0.300 e. The molecule has 0 N–H and O–H groups in total. The van der Waals surface area contributed by atoms with E-state index in [9.17, 15) is 0 Å². The zero-order chi connectivity index (χ0) is 22.3. The number of piperidine rings is 2. The maximum Gasteiger partial charge on any atom is 0.0234 e. The van der Waals surface area contributed by atoms with Gasteiger partial charge >= 0.3 is 0 Å². The Labute approximate surface area is 193 Å². The van der Waals surface area contributed by atoms with Crippen LogP contribution in [0.25, 0.3) is 0 Å². The van der Waals surface area contributed by atoms with E-state index in [0.29, 0.717) is 28.6 Å². The fourth-order valence-corrected chi connectivity index (χ4v) is 7.82. The van der Waals surface area contributed by atoms with Gasteiger partial charge in [0.1, 0.15) is 0 Å². The molecule has 4 nitrogen and oxygen atoms in total. The number of likely N-dealkylation sites (tertiary alicyclic amines) is 4. The molecule has 0 amide bonds. The second-order valence-corrected chi connectivity index (χ2v) is 12.6. The first-order valence-electron chi connectivity index (χ1n) is 13.7. The SMILES string of the molecule is CCN1CCCC12CCN(C(C)CC(C)(C)N1CCC3(CCN(C(C)C)C3)CC1)CC2. The number of nitrogens with zero attached hydrogens (tertiary/aromatic N) is 4. The minimum atomic E-state index is 0.315. The Morgan fingerprint density at radius 3 is 1.97 bits per heavy atom. The summed E-state index contributed by atoms with van der Waals surface area (Å²) in [5, 5.41) is 0. The Morgan fingerprint density at radius 1 is 0.774 bits per heavy atom. The van der Waals surface area contributed by atoms with Crippen LogP contribution in [0, 0.1) is 5.41 Å². The fourth-order valence-electron chi connectivity index (χ4n) is 7.82. The average Bonchev–Trinajstić information content (AvgIpc) is 3.33. The van der Waals surface area contributed by atoms with E-state index in [0.717, 1.165) is 0 Å². The summed E-state index contributed by atoms with van der Waals surface area (Å²) in [6.45, 7) is 25.1. The molecule has 2 spiro atoms. The van der Waals surface area contributed by atoms with Crippen molar-refractivity contribution in [1.82, 2.24) is 19.6 Å². The van der Waals surface area contributed by atoms with Crippen LogP contribution < -0.4 is 0 Å². The molecular weight excluding hydrogens is 380 g/mol. The van der Waals surface area contributed by atoms with E-state index in [4.69, 9.17) is 0 Å². The first-order chi connectivity index (χ1) is 14.7. The monoisotopic (exact) mass is 432 g/mol. The van der Waals surface area contributed by atoms with Crippen molar-refractivity contribution in [1.29, 1.82) is 0 Å². The van der Waals surface area contributed by atoms with Crippen LogP contribution in [0.15, 0.2) is 0 Å². The van der Waals surface area contributed by atoms with E-state index in [2.05, 4.69) is 61.1 Å². The molecule has 4 heteroatoms. The highest BCUT2D eigenvalue weighted by atomic mass is 15.3. The molecule has 0 radical (unpaired) electrons. The normalized spacial score (nSPS) is 29.5. The molecule has 0 aliphatic carbocycles. The summed E-state index contributed by atoms with van der Waals surface area (Å²) in [6, 6.07) is 1.41. The number of rotatable bonds is 6. The summed E-state index contributed by atoms with van der Waals surface area (Å²) in [6.07, 6.45) is 11.2. The van der Waals surface area contributed by atoms with Crippen molar-refractivity contribution < 1.29 is 0 Å². The van der Waals surface area contributed by atoms with Gasteiger partial charge in [-0.15, -0.1) is 0 Å². The molecule has 4 aliphatic heterocycles. The van der Waals surface area contributed by atoms with Crippen molar-refractivity contribution in [3.63, 3.8) is 0 Å². The van der Waals surface area contributed by atoms with E-state index in [1.165, 1.54) is 104 Å². The van der Waals surface area contributed by atoms with Gasteiger partial charge in [0.25, 0.3) is 0 Å². The predicted octanol–water partition coefficient (Wildman–Crippen LogP) is 4.69. The zero-order valence-electron chi connectivity index (χ0n) is 21.8. The van der Waals surface area contributed by atoms with Gasteiger partial charge in [0, 0.05) is 42.8 Å². The standard InChI is InChI=1S/C27H52N4/c1-7-30-15-8-9-27(30)13-17-28(18-14-27)24(4)21-25(5,6)31-19-11-26(12-20-31)10-16-29(22-26)23(2)3/h23-24H,7-22H2,1-6H3. The summed E-state index contributed by atoms with van der Waals surface area (Å²) in [4.78, 5) is 11.2. The van der Waals surface area contributed by atoms with Crippen LogP contribution in [-0.2, 0) is 0 Å². The summed E-state index contributed by atoms with van der Waals surface area (Å²) >= 11 is 0. The molecule has 180 valence electrons. The topological polar surface area (TPSA) is 13.0 Å². The molecule has 0 bridgehead atoms. The lowest BCUT2D eigenvalue weighted by atomic mass is 9.76. The Balaban J connectivity index is 1.26. The molecule has 1 atom stereocenters. The van der Waals surface area contributed by atoms with Crippen LogP contribution in [0.4, 0.5) is 0 Å². The van der Waals surface area contributed by atoms with Gasteiger partial charge in [0.15, 0.2) is 0 Å². The lowest BCUT2D eigenvalue weighted by Gasteiger charge is -2.50. The number of hydrogen-bond acceptors (Lipinski definition) is 4. The summed E-state index contributed by atoms with van der Waals surface area (Å²) in [5.41, 5.74) is 1.48. The maximum absolute atomic E-state index is 2.84. The van der Waals surface area contributed by atoms with Gasteiger partial charge in [-0.2, -0.15) is 0 Å². The zero-order valence-corrected chi connectivity index (χ0v) is 21.8. The van der Waals surface area contributed by atoms with Gasteiger partial charge in [-0.25, -0.2) is 0 Å².